The fraction of sp³-hybridized carbons (Fsp3) is 0.0833. The topological polar surface area (TPSA) is 41.1 Å². The molecule has 0 fully saturated rings. The molecule has 0 spiro atoms. The minimum Gasteiger partial charge on any atom is -0.330 e. The van der Waals surface area contributed by atoms with E-state index >= 15 is 0 Å². The van der Waals surface area contributed by atoms with E-state index in [1.807, 2.05) is 11.6 Å². The highest BCUT2D eigenvalue weighted by atomic mass is 79.9. The Labute approximate surface area is 126 Å². The summed E-state index contributed by atoms with van der Waals surface area (Å²) in [5, 5.41) is 4.49. The number of benzene rings is 1. The van der Waals surface area contributed by atoms with Gasteiger partial charge in [-0.2, -0.15) is 0 Å². The molecule has 1 aromatic heterocycles. The molecule has 2 rings (SSSR count). The molecule has 0 saturated carbocycles. The van der Waals surface area contributed by atoms with Gasteiger partial charge >= 0.3 is 0 Å². The van der Waals surface area contributed by atoms with Gasteiger partial charge in [0.25, 0.3) is 5.91 Å². The third-order valence-corrected chi connectivity index (χ3v) is 4.30. The van der Waals surface area contributed by atoms with Crippen LogP contribution in [-0.2, 0) is 0 Å². The Morgan fingerprint density at radius 1 is 1.32 bits per heavy atom. The van der Waals surface area contributed by atoms with Gasteiger partial charge in [-0.25, -0.2) is 4.39 Å². The van der Waals surface area contributed by atoms with Gasteiger partial charge in [-0.1, -0.05) is 11.9 Å². The molecule has 0 bridgehead atoms. The number of hydrogen-bond acceptors (Lipinski definition) is 4. The number of amides is 1. The summed E-state index contributed by atoms with van der Waals surface area (Å²) >= 11 is 5.97. The van der Waals surface area contributed by atoms with E-state index in [1.165, 1.54) is 35.4 Å². The first kappa shape index (κ1) is 14.4. The number of thiophene rings is 1. The van der Waals surface area contributed by atoms with Gasteiger partial charge in [-0.15, -0.1) is 11.3 Å². The number of rotatable bonds is 4. The maximum absolute atomic E-state index is 13.4. The summed E-state index contributed by atoms with van der Waals surface area (Å²) in [6.45, 7) is 0. The van der Waals surface area contributed by atoms with E-state index in [9.17, 15) is 9.18 Å². The Morgan fingerprint density at radius 3 is 2.68 bits per heavy atom. The molecule has 0 atom stereocenters. The van der Waals surface area contributed by atoms with E-state index < -0.39 is 5.82 Å². The molecule has 0 radical (unpaired) electrons. The van der Waals surface area contributed by atoms with Crippen LogP contribution in [-0.4, -0.2) is 12.2 Å². The Bertz CT molecular complexity index is 603. The maximum atomic E-state index is 13.4. The molecule has 0 saturated heterocycles. The van der Waals surface area contributed by atoms with Gasteiger partial charge < -0.3 is 10.0 Å². The van der Waals surface area contributed by atoms with E-state index in [0.29, 0.717) is 16.3 Å². The molecule has 19 heavy (non-hydrogen) atoms. The highest BCUT2D eigenvalue weighted by Gasteiger charge is 2.10. The number of halogens is 2. The van der Waals surface area contributed by atoms with Gasteiger partial charge in [0.05, 0.1) is 4.88 Å². The molecular formula is C12H10BrFN2OS2. The van der Waals surface area contributed by atoms with Crippen molar-refractivity contribution in [3.05, 3.63) is 44.8 Å². The number of hydrogen-bond donors (Lipinski definition) is 2. The van der Waals surface area contributed by atoms with Crippen molar-refractivity contribution in [2.45, 2.75) is 0 Å². The van der Waals surface area contributed by atoms with E-state index in [1.54, 1.807) is 12.1 Å². The lowest BCUT2D eigenvalue weighted by atomic mass is 10.2. The zero-order chi connectivity index (χ0) is 13.8. The highest BCUT2D eigenvalue weighted by Crippen LogP contribution is 2.23. The fourth-order valence-electron chi connectivity index (χ4n) is 1.46. The Hall–Kier alpha value is -1.05. The van der Waals surface area contributed by atoms with Crippen LogP contribution in [0.2, 0.25) is 0 Å². The molecular weight excluding hydrogens is 351 g/mol. The third kappa shape index (κ3) is 3.95. The first-order valence-corrected chi connectivity index (χ1v) is 8.13. The van der Waals surface area contributed by atoms with Crippen molar-refractivity contribution in [3.8, 4) is 0 Å². The molecule has 1 heterocycles. The Kier molecular flexibility index (Phi) is 4.84. The molecule has 1 aromatic carbocycles. The summed E-state index contributed by atoms with van der Waals surface area (Å²) in [4.78, 5) is 12.5. The molecule has 0 aliphatic rings. The zero-order valence-corrected chi connectivity index (χ0v) is 13.1. The van der Waals surface area contributed by atoms with Crippen molar-refractivity contribution in [2.75, 3.05) is 16.3 Å². The van der Waals surface area contributed by atoms with Gasteiger partial charge in [0.1, 0.15) is 5.82 Å². The largest absolute Gasteiger partial charge is 0.330 e. The second-order valence-corrected chi connectivity index (χ2v) is 6.06. The van der Waals surface area contributed by atoms with Crippen LogP contribution in [0, 0.1) is 5.82 Å². The number of nitrogens with one attached hydrogen (secondary N) is 2. The molecule has 0 unspecified atom stereocenters. The first-order chi connectivity index (χ1) is 9.08. The van der Waals surface area contributed by atoms with Gasteiger partial charge in [-0.3, -0.25) is 4.79 Å². The average molecular weight is 361 g/mol. The van der Waals surface area contributed by atoms with Crippen LogP contribution in [0.1, 0.15) is 9.67 Å². The van der Waals surface area contributed by atoms with Crippen LogP contribution < -0.4 is 10.0 Å². The molecule has 0 aliphatic heterocycles. The lowest BCUT2D eigenvalue weighted by molar-refractivity contribution is 0.103. The molecule has 1 amide bonds. The molecule has 2 aromatic rings. The second-order valence-electron chi connectivity index (χ2n) is 3.62. The van der Waals surface area contributed by atoms with Crippen molar-refractivity contribution in [1.82, 2.24) is 0 Å². The lowest BCUT2D eigenvalue weighted by Gasteiger charge is -2.07. The number of carbonyl (C=O) groups excluding carboxylic acids is 1. The lowest BCUT2D eigenvalue weighted by Crippen LogP contribution is -2.10. The molecule has 2 N–H and O–H groups in total. The quantitative estimate of drug-likeness (QED) is 0.783. The smallest absolute Gasteiger partial charge is 0.265 e. The minimum absolute atomic E-state index is 0.253. The van der Waals surface area contributed by atoms with E-state index in [4.69, 9.17) is 0 Å². The van der Waals surface area contributed by atoms with Crippen LogP contribution in [0.5, 0.6) is 0 Å². The second kappa shape index (κ2) is 6.40. The first-order valence-electron chi connectivity index (χ1n) is 5.23. The maximum Gasteiger partial charge on any atom is 0.265 e. The third-order valence-electron chi connectivity index (χ3n) is 2.17. The van der Waals surface area contributed by atoms with Crippen molar-refractivity contribution < 1.29 is 9.18 Å². The number of carbonyl (C=O) groups is 1. The van der Waals surface area contributed by atoms with E-state index in [2.05, 4.69) is 26.0 Å². The standard InChI is InChI=1S/C12H10BrFN2OS2/c1-18-16-10-4-8(14)3-9(5-10)15-12(17)11-2-7(13)6-19-11/h2-6,16H,1H3,(H,15,17). The molecule has 0 aliphatic carbocycles. The highest BCUT2D eigenvalue weighted by molar-refractivity contribution is 9.10. The van der Waals surface area contributed by atoms with Gasteiger partial charge in [0.2, 0.25) is 0 Å². The number of anilines is 2. The van der Waals surface area contributed by atoms with E-state index in [0.717, 1.165) is 4.47 Å². The van der Waals surface area contributed by atoms with Crippen molar-refractivity contribution in [2.24, 2.45) is 0 Å². The van der Waals surface area contributed by atoms with Crippen LogP contribution in [0.25, 0.3) is 0 Å². The summed E-state index contributed by atoms with van der Waals surface area (Å²) < 4.78 is 17.2. The van der Waals surface area contributed by atoms with Gasteiger partial charge in [-0.05, 0) is 40.2 Å². The SMILES string of the molecule is CSNc1cc(F)cc(NC(=O)c2cc(Br)cs2)c1. The normalized spacial score (nSPS) is 10.3. The predicted molar refractivity (Wildman–Crippen MR) is 83.5 cm³/mol. The minimum atomic E-state index is -0.401. The summed E-state index contributed by atoms with van der Waals surface area (Å²) in [5.74, 6) is -0.655. The van der Waals surface area contributed by atoms with Gasteiger partial charge in [0, 0.05) is 27.5 Å². The van der Waals surface area contributed by atoms with Crippen LogP contribution >= 0.6 is 39.2 Å². The van der Waals surface area contributed by atoms with E-state index in [-0.39, 0.29) is 5.91 Å². The summed E-state index contributed by atoms with van der Waals surface area (Å²) in [6, 6.07) is 6.06. The summed E-state index contributed by atoms with van der Waals surface area (Å²) in [7, 11) is 0. The summed E-state index contributed by atoms with van der Waals surface area (Å²) in [5.41, 5.74) is 1.03. The Balaban J connectivity index is 2.16. The van der Waals surface area contributed by atoms with Crippen molar-refractivity contribution >= 4 is 56.5 Å². The monoisotopic (exact) mass is 360 g/mol. The van der Waals surface area contributed by atoms with Crippen molar-refractivity contribution in [3.63, 3.8) is 0 Å². The molecule has 3 nitrogen and oxygen atoms in total. The molecule has 7 heteroatoms. The average Bonchev–Trinajstić information content (AvgIpc) is 2.75. The van der Waals surface area contributed by atoms with Crippen molar-refractivity contribution in [1.29, 1.82) is 0 Å². The zero-order valence-electron chi connectivity index (χ0n) is 9.87. The summed E-state index contributed by atoms with van der Waals surface area (Å²) in [6.07, 6.45) is 1.84. The van der Waals surface area contributed by atoms with Gasteiger partial charge in [0.15, 0.2) is 0 Å². The molecule has 100 valence electrons. The van der Waals surface area contributed by atoms with Crippen LogP contribution in [0.3, 0.4) is 0 Å². The Morgan fingerprint density at radius 2 is 2.05 bits per heavy atom. The predicted octanol–water partition coefficient (Wildman–Crippen LogP) is 4.59. The fourth-order valence-corrected chi connectivity index (χ4v) is 3.14. The van der Waals surface area contributed by atoms with Crippen LogP contribution in [0.15, 0.2) is 34.1 Å². The van der Waals surface area contributed by atoms with Crippen LogP contribution in [0.4, 0.5) is 15.8 Å².